The molecule has 1 saturated heterocycles. The van der Waals surface area contributed by atoms with Crippen LogP contribution in [0.1, 0.15) is 58.9 Å². The Morgan fingerprint density at radius 2 is 1.87 bits per heavy atom. The third kappa shape index (κ3) is 7.19. The lowest BCUT2D eigenvalue weighted by Gasteiger charge is -2.23. The Balaban J connectivity index is 1.96. The molecule has 0 N–H and O–H groups in total. The topological polar surface area (TPSA) is 54.0 Å². The maximum atomic E-state index is 12.1. The molecule has 0 aliphatic carbocycles. The van der Waals surface area contributed by atoms with Gasteiger partial charge in [-0.15, -0.1) is 0 Å². The largest absolute Gasteiger partial charge is 0.493 e. The van der Waals surface area contributed by atoms with Crippen molar-refractivity contribution in [2.24, 2.45) is 23.7 Å². The van der Waals surface area contributed by atoms with Crippen LogP contribution < -0.4 is 9.47 Å². The van der Waals surface area contributed by atoms with Crippen LogP contribution in [-0.2, 0) is 20.7 Å². The van der Waals surface area contributed by atoms with Crippen molar-refractivity contribution in [3.63, 3.8) is 0 Å². The molecule has 0 spiro atoms. The van der Waals surface area contributed by atoms with Gasteiger partial charge in [-0.2, -0.15) is 0 Å². The summed E-state index contributed by atoms with van der Waals surface area (Å²) < 4.78 is 22.1. The summed E-state index contributed by atoms with van der Waals surface area (Å²) in [4.78, 5) is 12.1. The Morgan fingerprint density at radius 1 is 1.10 bits per heavy atom. The summed E-state index contributed by atoms with van der Waals surface area (Å²) in [7, 11) is 3.37. The van der Waals surface area contributed by atoms with Gasteiger partial charge in [0.1, 0.15) is 6.10 Å². The summed E-state index contributed by atoms with van der Waals surface area (Å²) in [6.07, 6.45) is 4.75. The van der Waals surface area contributed by atoms with Gasteiger partial charge < -0.3 is 18.9 Å². The van der Waals surface area contributed by atoms with Gasteiger partial charge in [0.2, 0.25) is 0 Å². The van der Waals surface area contributed by atoms with Gasteiger partial charge in [-0.05, 0) is 61.1 Å². The summed E-state index contributed by atoms with van der Waals surface area (Å²) in [6.45, 7) is 10.0. The molecular weight excluding hydrogens is 380 g/mol. The van der Waals surface area contributed by atoms with Gasteiger partial charge >= 0.3 is 5.97 Å². The van der Waals surface area contributed by atoms with Crippen LogP contribution in [0.15, 0.2) is 18.2 Å². The lowest BCUT2D eigenvalue weighted by atomic mass is 9.83. The predicted molar refractivity (Wildman–Crippen MR) is 119 cm³/mol. The zero-order valence-corrected chi connectivity index (χ0v) is 19.6. The zero-order chi connectivity index (χ0) is 22.1. The van der Waals surface area contributed by atoms with Crippen molar-refractivity contribution in [3.05, 3.63) is 23.8 Å². The van der Waals surface area contributed by atoms with Crippen LogP contribution in [-0.4, -0.2) is 39.5 Å². The molecule has 1 aliphatic rings. The van der Waals surface area contributed by atoms with E-state index in [1.807, 2.05) is 6.07 Å². The fourth-order valence-electron chi connectivity index (χ4n) is 4.12. The zero-order valence-electron chi connectivity index (χ0n) is 19.6. The number of hydrogen-bond acceptors (Lipinski definition) is 5. The molecule has 0 radical (unpaired) electrons. The second-order valence-electron chi connectivity index (χ2n) is 9.11. The van der Waals surface area contributed by atoms with Crippen LogP contribution in [0.3, 0.4) is 0 Å². The highest BCUT2D eigenvalue weighted by Crippen LogP contribution is 2.34. The average Bonchev–Trinajstić information content (AvgIpc) is 3.09. The first kappa shape index (κ1) is 24.5. The molecule has 5 nitrogen and oxygen atoms in total. The standard InChI is InChI=1S/C25H40O5/c1-17(2)20(9-10-21-16-22(18(3)4)25(26)30-21)14-19-8-11-23(28-6)24(15-19)29-13-7-12-27-5/h8,11,15,17-18,20-22H,7,9-10,12-14,16H2,1-6H3. The summed E-state index contributed by atoms with van der Waals surface area (Å²) in [5, 5.41) is 0. The minimum atomic E-state index is -0.0125. The molecule has 3 unspecified atom stereocenters. The normalized spacial score (nSPS) is 19.9. The third-order valence-electron chi connectivity index (χ3n) is 6.19. The van der Waals surface area contributed by atoms with Crippen molar-refractivity contribution in [1.29, 1.82) is 0 Å². The van der Waals surface area contributed by atoms with E-state index in [0.29, 0.717) is 31.0 Å². The first-order valence-corrected chi connectivity index (χ1v) is 11.3. The number of benzene rings is 1. The van der Waals surface area contributed by atoms with Crippen molar-refractivity contribution in [1.82, 2.24) is 0 Å². The maximum absolute atomic E-state index is 12.1. The molecule has 0 saturated carbocycles. The van der Waals surface area contributed by atoms with E-state index in [2.05, 4.69) is 39.8 Å². The van der Waals surface area contributed by atoms with E-state index in [4.69, 9.17) is 18.9 Å². The lowest BCUT2D eigenvalue weighted by molar-refractivity contribution is -0.145. The first-order chi connectivity index (χ1) is 14.3. The van der Waals surface area contributed by atoms with Gasteiger partial charge in [0.15, 0.2) is 11.5 Å². The number of cyclic esters (lactones) is 1. The minimum Gasteiger partial charge on any atom is -0.493 e. The molecular formula is C25H40O5. The van der Waals surface area contributed by atoms with Crippen molar-refractivity contribution in [2.45, 2.75) is 65.9 Å². The summed E-state index contributed by atoms with van der Waals surface area (Å²) in [5.74, 6) is 3.03. The Kier molecular flexibility index (Phi) is 9.96. The van der Waals surface area contributed by atoms with E-state index >= 15 is 0 Å². The second-order valence-corrected chi connectivity index (χ2v) is 9.11. The fourth-order valence-corrected chi connectivity index (χ4v) is 4.12. The molecule has 170 valence electrons. The highest BCUT2D eigenvalue weighted by molar-refractivity contribution is 5.74. The van der Waals surface area contributed by atoms with Crippen LogP contribution in [0, 0.1) is 23.7 Å². The fraction of sp³-hybridized carbons (Fsp3) is 0.720. The number of carbonyl (C=O) groups excluding carboxylic acids is 1. The predicted octanol–water partition coefficient (Wildman–Crippen LogP) is 5.29. The van der Waals surface area contributed by atoms with Gasteiger partial charge in [-0.25, -0.2) is 0 Å². The Hall–Kier alpha value is -1.75. The van der Waals surface area contributed by atoms with Crippen molar-refractivity contribution < 1.29 is 23.7 Å². The van der Waals surface area contributed by atoms with Crippen molar-refractivity contribution >= 4 is 5.97 Å². The Bertz CT molecular complexity index is 655. The monoisotopic (exact) mass is 420 g/mol. The van der Waals surface area contributed by atoms with Crippen LogP contribution in [0.5, 0.6) is 11.5 Å². The van der Waals surface area contributed by atoms with Gasteiger partial charge in [-0.1, -0.05) is 33.8 Å². The minimum absolute atomic E-state index is 0.0125. The smallest absolute Gasteiger partial charge is 0.309 e. The van der Waals surface area contributed by atoms with Gasteiger partial charge in [0.05, 0.1) is 19.6 Å². The SMILES string of the molecule is COCCCOc1cc(CC(CCC2CC(C(C)C)C(=O)O2)C(C)C)ccc1OC. The summed E-state index contributed by atoms with van der Waals surface area (Å²) in [6, 6.07) is 6.22. The van der Waals surface area contributed by atoms with E-state index < -0.39 is 0 Å². The second kappa shape index (κ2) is 12.2. The Morgan fingerprint density at radius 3 is 2.47 bits per heavy atom. The van der Waals surface area contributed by atoms with Gasteiger partial charge in [0, 0.05) is 20.1 Å². The number of ether oxygens (including phenoxy) is 4. The highest BCUT2D eigenvalue weighted by Gasteiger charge is 2.36. The van der Waals surface area contributed by atoms with Crippen LogP contribution >= 0.6 is 0 Å². The lowest BCUT2D eigenvalue weighted by Crippen LogP contribution is -2.16. The molecule has 5 heteroatoms. The van der Waals surface area contributed by atoms with E-state index in [9.17, 15) is 4.79 Å². The molecule has 0 bridgehead atoms. The summed E-state index contributed by atoms with van der Waals surface area (Å²) >= 11 is 0. The number of rotatable bonds is 13. The Labute approximate surface area is 182 Å². The van der Waals surface area contributed by atoms with Gasteiger partial charge in [-0.3, -0.25) is 4.79 Å². The van der Waals surface area contributed by atoms with Crippen LogP contribution in [0.2, 0.25) is 0 Å². The quantitative estimate of drug-likeness (QED) is 0.320. The molecule has 1 heterocycles. The van der Waals surface area contributed by atoms with Crippen LogP contribution in [0.25, 0.3) is 0 Å². The van der Waals surface area contributed by atoms with E-state index in [1.165, 1.54) is 5.56 Å². The molecule has 1 aromatic carbocycles. The molecule has 1 aliphatic heterocycles. The molecule has 30 heavy (non-hydrogen) atoms. The number of carbonyl (C=O) groups is 1. The molecule has 1 aromatic rings. The molecule has 3 atom stereocenters. The van der Waals surface area contributed by atoms with Gasteiger partial charge in [0.25, 0.3) is 0 Å². The number of hydrogen-bond donors (Lipinski definition) is 0. The molecule has 1 fully saturated rings. The molecule has 2 rings (SSSR count). The maximum Gasteiger partial charge on any atom is 0.309 e. The first-order valence-electron chi connectivity index (χ1n) is 11.3. The van der Waals surface area contributed by atoms with E-state index in [1.54, 1.807) is 14.2 Å². The van der Waals surface area contributed by atoms with E-state index in [-0.39, 0.29) is 18.0 Å². The third-order valence-corrected chi connectivity index (χ3v) is 6.19. The summed E-state index contributed by atoms with van der Waals surface area (Å²) in [5.41, 5.74) is 1.25. The average molecular weight is 421 g/mol. The highest BCUT2D eigenvalue weighted by atomic mass is 16.6. The van der Waals surface area contributed by atoms with Crippen molar-refractivity contribution in [3.8, 4) is 11.5 Å². The number of esters is 1. The van der Waals surface area contributed by atoms with Crippen molar-refractivity contribution in [2.75, 3.05) is 27.4 Å². The molecule has 0 amide bonds. The van der Waals surface area contributed by atoms with E-state index in [0.717, 1.165) is 43.6 Å². The van der Waals surface area contributed by atoms with Crippen LogP contribution in [0.4, 0.5) is 0 Å². The molecule has 0 aromatic heterocycles. The number of methoxy groups -OCH3 is 2.